The van der Waals surface area contributed by atoms with Gasteiger partial charge in [-0.1, -0.05) is 12.1 Å². The van der Waals surface area contributed by atoms with Crippen molar-refractivity contribution in [1.29, 1.82) is 0 Å². The number of benzene rings is 1. The van der Waals surface area contributed by atoms with Crippen molar-refractivity contribution in [2.75, 3.05) is 36.9 Å². The van der Waals surface area contributed by atoms with Gasteiger partial charge in [0.05, 0.1) is 18.9 Å². The van der Waals surface area contributed by atoms with Gasteiger partial charge >= 0.3 is 6.36 Å². The first-order chi connectivity index (χ1) is 14.9. The number of nitrogens with zero attached hydrogens (tertiary/aromatic N) is 4. The molecule has 0 aliphatic carbocycles. The van der Waals surface area contributed by atoms with Gasteiger partial charge in [-0.15, -0.1) is 13.2 Å². The predicted octanol–water partition coefficient (Wildman–Crippen LogP) is 3.65. The number of pyridine rings is 1. The fraction of sp³-hybridized carbons (Fsp3) is 0.250. The number of rotatable bonds is 5. The van der Waals surface area contributed by atoms with E-state index in [1.165, 1.54) is 30.6 Å². The quantitative estimate of drug-likeness (QED) is 0.652. The molecule has 0 amide bonds. The molecule has 0 spiro atoms. The standard InChI is InChI=1S/C20H18F3N5O3/c21-20(22,23)31-17-4-2-1-3-16(17)30-14-9-15(13-11-25-19(24)26-12-13)27-18(10-14)28-5-7-29-8-6-28/h1-4,9-12H,5-8H2,(H2,24,25,26). The van der Waals surface area contributed by atoms with E-state index in [2.05, 4.69) is 19.7 Å². The molecular formula is C20H18F3N5O3. The second kappa shape index (κ2) is 8.64. The normalized spacial score (nSPS) is 14.4. The van der Waals surface area contributed by atoms with Crippen LogP contribution in [-0.4, -0.2) is 47.6 Å². The highest BCUT2D eigenvalue weighted by Gasteiger charge is 2.32. The van der Waals surface area contributed by atoms with E-state index in [1.807, 2.05) is 4.90 Å². The van der Waals surface area contributed by atoms with Gasteiger partial charge in [0.25, 0.3) is 0 Å². The molecule has 11 heteroatoms. The highest BCUT2D eigenvalue weighted by atomic mass is 19.4. The molecule has 0 unspecified atom stereocenters. The zero-order valence-corrected chi connectivity index (χ0v) is 16.2. The molecule has 31 heavy (non-hydrogen) atoms. The zero-order chi connectivity index (χ0) is 21.8. The molecular weight excluding hydrogens is 415 g/mol. The third-order valence-corrected chi connectivity index (χ3v) is 4.39. The van der Waals surface area contributed by atoms with Gasteiger partial charge in [-0.2, -0.15) is 0 Å². The lowest BCUT2D eigenvalue weighted by molar-refractivity contribution is -0.275. The molecule has 2 aromatic heterocycles. The van der Waals surface area contributed by atoms with E-state index in [0.29, 0.717) is 43.4 Å². The Hall–Kier alpha value is -3.60. The molecule has 0 bridgehead atoms. The summed E-state index contributed by atoms with van der Waals surface area (Å²) in [6.45, 7) is 2.30. The van der Waals surface area contributed by atoms with Crippen LogP contribution in [0.4, 0.5) is 24.9 Å². The molecule has 162 valence electrons. The number of para-hydroxylation sites is 2. The predicted molar refractivity (Wildman–Crippen MR) is 106 cm³/mol. The monoisotopic (exact) mass is 433 g/mol. The van der Waals surface area contributed by atoms with Gasteiger partial charge in [-0.3, -0.25) is 0 Å². The molecule has 2 N–H and O–H groups in total. The SMILES string of the molecule is Nc1ncc(-c2cc(Oc3ccccc3OC(F)(F)F)cc(N3CCOCC3)n2)cn1. The summed E-state index contributed by atoms with van der Waals surface area (Å²) >= 11 is 0. The molecule has 0 saturated carbocycles. The van der Waals surface area contributed by atoms with E-state index in [0.717, 1.165) is 0 Å². The first-order valence-corrected chi connectivity index (χ1v) is 9.33. The second-order valence-corrected chi connectivity index (χ2v) is 6.57. The summed E-state index contributed by atoms with van der Waals surface area (Å²) in [4.78, 5) is 14.6. The van der Waals surface area contributed by atoms with Crippen LogP contribution in [0.1, 0.15) is 0 Å². The second-order valence-electron chi connectivity index (χ2n) is 6.57. The molecule has 1 aromatic carbocycles. The fourth-order valence-corrected chi connectivity index (χ4v) is 2.99. The van der Waals surface area contributed by atoms with Crippen LogP contribution in [0.25, 0.3) is 11.3 Å². The summed E-state index contributed by atoms with van der Waals surface area (Å²) in [6.07, 6.45) is -1.82. The van der Waals surface area contributed by atoms with Crippen LogP contribution in [0.2, 0.25) is 0 Å². The molecule has 8 nitrogen and oxygen atoms in total. The first-order valence-electron chi connectivity index (χ1n) is 9.33. The van der Waals surface area contributed by atoms with Crippen molar-refractivity contribution >= 4 is 11.8 Å². The first kappa shape index (κ1) is 20.7. The van der Waals surface area contributed by atoms with E-state index < -0.39 is 12.1 Å². The van der Waals surface area contributed by atoms with Gasteiger partial charge in [-0.05, 0) is 12.1 Å². The molecule has 1 saturated heterocycles. The van der Waals surface area contributed by atoms with Gasteiger partial charge in [-0.25, -0.2) is 15.0 Å². The summed E-state index contributed by atoms with van der Waals surface area (Å²) in [5.41, 5.74) is 6.61. The Morgan fingerprint density at radius 1 is 1.00 bits per heavy atom. The van der Waals surface area contributed by atoms with Crippen LogP contribution >= 0.6 is 0 Å². The molecule has 0 atom stereocenters. The van der Waals surface area contributed by atoms with Gasteiger partial charge in [0.1, 0.15) is 11.6 Å². The third kappa shape index (κ3) is 5.31. The van der Waals surface area contributed by atoms with Crippen molar-refractivity contribution in [2.45, 2.75) is 6.36 Å². The summed E-state index contributed by atoms with van der Waals surface area (Å²) in [5, 5.41) is 0. The summed E-state index contributed by atoms with van der Waals surface area (Å²) < 4.78 is 53.5. The van der Waals surface area contributed by atoms with Crippen LogP contribution in [-0.2, 0) is 4.74 Å². The zero-order valence-electron chi connectivity index (χ0n) is 16.2. The van der Waals surface area contributed by atoms with Crippen LogP contribution in [0.3, 0.4) is 0 Å². The summed E-state index contributed by atoms with van der Waals surface area (Å²) in [5.74, 6) is 0.446. The lowest BCUT2D eigenvalue weighted by atomic mass is 10.2. The number of aromatic nitrogens is 3. The van der Waals surface area contributed by atoms with E-state index in [-0.39, 0.29) is 17.4 Å². The number of hydrogen-bond donors (Lipinski definition) is 1. The lowest BCUT2D eigenvalue weighted by Gasteiger charge is -2.28. The molecule has 0 radical (unpaired) electrons. The molecule has 1 fully saturated rings. The lowest BCUT2D eigenvalue weighted by Crippen LogP contribution is -2.36. The number of nitrogen functional groups attached to an aromatic ring is 1. The van der Waals surface area contributed by atoms with Gasteiger partial charge in [0, 0.05) is 43.2 Å². The number of nitrogens with two attached hydrogens (primary N) is 1. The van der Waals surface area contributed by atoms with E-state index in [4.69, 9.17) is 15.2 Å². The van der Waals surface area contributed by atoms with Crippen LogP contribution in [0.5, 0.6) is 17.2 Å². The largest absolute Gasteiger partial charge is 0.573 e. The smallest absolute Gasteiger partial charge is 0.453 e. The van der Waals surface area contributed by atoms with Crippen molar-refractivity contribution in [3.63, 3.8) is 0 Å². The van der Waals surface area contributed by atoms with Crippen LogP contribution in [0, 0.1) is 0 Å². The minimum atomic E-state index is -4.84. The topological polar surface area (TPSA) is 95.6 Å². The van der Waals surface area contributed by atoms with Crippen LogP contribution < -0.4 is 20.1 Å². The Morgan fingerprint density at radius 3 is 2.35 bits per heavy atom. The average molecular weight is 433 g/mol. The van der Waals surface area contributed by atoms with E-state index in [9.17, 15) is 13.2 Å². The number of morpholine rings is 1. The van der Waals surface area contributed by atoms with Gasteiger partial charge in [0.2, 0.25) is 5.95 Å². The Labute approximate surface area is 175 Å². The third-order valence-electron chi connectivity index (χ3n) is 4.39. The number of hydrogen-bond acceptors (Lipinski definition) is 8. The Kier molecular flexibility index (Phi) is 5.76. The van der Waals surface area contributed by atoms with E-state index >= 15 is 0 Å². The van der Waals surface area contributed by atoms with Crippen LogP contribution in [0.15, 0.2) is 48.8 Å². The molecule has 1 aliphatic rings. The average Bonchev–Trinajstić information content (AvgIpc) is 2.75. The van der Waals surface area contributed by atoms with Crippen molar-refractivity contribution in [2.24, 2.45) is 0 Å². The van der Waals surface area contributed by atoms with Crippen molar-refractivity contribution in [3.05, 3.63) is 48.8 Å². The highest BCUT2D eigenvalue weighted by Crippen LogP contribution is 2.37. The number of anilines is 2. The maximum absolute atomic E-state index is 12.8. The van der Waals surface area contributed by atoms with Gasteiger partial charge < -0.3 is 24.8 Å². The number of halogens is 3. The van der Waals surface area contributed by atoms with E-state index in [1.54, 1.807) is 18.2 Å². The fourth-order valence-electron chi connectivity index (χ4n) is 2.99. The molecule has 1 aliphatic heterocycles. The maximum Gasteiger partial charge on any atom is 0.573 e. The van der Waals surface area contributed by atoms with Crippen molar-refractivity contribution < 1.29 is 27.4 Å². The van der Waals surface area contributed by atoms with Crippen molar-refractivity contribution in [3.8, 4) is 28.5 Å². The Bertz CT molecular complexity index is 1040. The minimum absolute atomic E-state index is 0.0848. The highest BCUT2D eigenvalue weighted by molar-refractivity contribution is 5.64. The van der Waals surface area contributed by atoms with Crippen molar-refractivity contribution in [1.82, 2.24) is 15.0 Å². The van der Waals surface area contributed by atoms with Gasteiger partial charge in [0.15, 0.2) is 11.5 Å². The molecule has 3 aromatic rings. The number of alkyl halides is 3. The Balaban J connectivity index is 1.71. The summed E-state index contributed by atoms with van der Waals surface area (Å²) in [6, 6.07) is 8.79. The molecule has 3 heterocycles. The maximum atomic E-state index is 12.8. The Morgan fingerprint density at radius 2 is 1.68 bits per heavy atom. The summed E-state index contributed by atoms with van der Waals surface area (Å²) in [7, 11) is 0. The number of ether oxygens (including phenoxy) is 3. The molecule has 4 rings (SSSR count). The minimum Gasteiger partial charge on any atom is -0.453 e.